The van der Waals surface area contributed by atoms with E-state index in [1.54, 1.807) is 48.5 Å². The van der Waals surface area contributed by atoms with Gasteiger partial charge in [0.2, 0.25) is 10.9 Å². The van der Waals surface area contributed by atoms with E-state index in [0.717, 1.165) is 18.4 Å². The summed E-state index contributed by atoms with van der Waals surface area (Å²) in [4.78, 5) is 29.1. The number of nitrogens with zero attached hydrogens (tertiary/aromatic N) is 3. The predicted molar refractivity (Wildman–Crippen MR) is 175 cm³/mol. The highest BCUT2D eigenvalue weighted by Gasteiger charge is 2.47. The number of hydrogen-bond donors (Lipinski definition) is 1. The molecule has 230 valence electrons. The van der Waals surface area contributed by atoms with Crippen molar-refractivity contribution >= 4 is 62.5 Å². The number of ether oxygens (including phenoxy) is 2. The van der Waals surface area contributed by atoms with Crippen LogP contribution in [0.2, 0.25) is 5.02 Å². The summed E-state index contributed by atoms with van der Waals surface area (Å²) in [6, 6.07) is 20.5. The lowest BCUT2D eigenvalue weighted by Crippen LogP contribution is -2.31. The fourth-order valence-electron chi connectivity index (χ4n) is 4.99. The van der Waals surface area contributed by atoms with E-state index in [9.17, 15) is 14.7 Å². The second-order valence-corrected chi connectivity index (χ2v) is 12.7. The Kier molecular flexibility index (Phi) is 9.11. The molecule has 0 spiro atoms. The van der Waals surface area contributed by atoms with E-state index < -0.39 is 23.5 Å². The van der Waals surface area contributed by atoms with Gasteiger partial charge in [-0.05, 0) is 47.9 Å². The Morgan fingerprint density at radius 3 is 2.67 bits per heavy atom. The summed E-state index contributed by atoms with van der Waals surface area (Å²) in [5.41, 5.74) is 1.77. The Balaban J connectivity index is 1.36. The number of methoxy groups -OCH3 is 1. The zero-order chi connectivity index (χ0) is 31.5. The molecule has 0 bridgehead atoms. The number of unbranched alkanes of at least 4 members (excludes halogenated alkanes) is 1. The number of anilines is 1. The molecule has 1 amide bonds. The predicted octanol–water partition coefficient (Wildman–Crippen LogP) is 8.20. The number of aromatic nitrogens is 2. The van der Waals surface area contributed by atoms with E-state index in [4.69, 9.17) is 25.5 Å². The van der Waals surface area contributed by atoms with E-state index in [0.29, 0.717) is 49.8 Å². The molecule has 0 radical (unpaired) electrons. The van der Waals surface area contributed by atoms with Crippen LogP contribution in [-0.4, -0.2) is 40.7 Å². The van der Waals surface area contributed by atoms with Crippen LogP contribution in [-0.2, 0) is 10.5 Å². The highest BCUT2D eigenvalue weighted by atomic mass is 35.5. The minimum atomic E-state index is -1.00. The lowest BCUT2D eigenvalue weighted by Gasteiger charge is -2.24. The standard InChI is InChI=1S/C33H28ClN3O6S2/c1-3-4-16-42-22-14-12-19(13-15-22)27-26(28(38)25-17-20-9-7-11-24(41-2)30(20)43-25)29(39)31(40)37(27)32-35-36-33(45-32)44-18-21-8-5-6-10-23(21)34/h5-15,17,27,39H,3-4,16,18H2,1-2H3. The van der Waals surface area contributed by atoms with Gasteiger partial charge in [-0.3, -0.25) is 14.5 Å². The first-order chi connectivity index (χ1) is 21.9. The number of benzene rings is 3. The van der Waals surface area contributed by atoms with Crippen molar-refractivity contribution in [1.82, 2.24) is 10.2 Å². The smallest absolute Gasteiger partial charge is 0.296 e. The second kappa shape index (κ2) is 13.4. The molecular formula is C33H28ClN3O6S2. The first-order valence-corrected chi connectivity index (χ1v) is 16.4. The number of hydrogen-bond acceptors (Lipinski definition) is 10. The van der Waals surface area contributed by atoms with Crippen LogP contribution in [0.15, 0.2) is 92.9 Å². The zero-order valence-electron chi connectivity index (χ0n) is 24.4. The molecule has 45 heavy (non-hydrogen) atoms. The maximum absolute atomic E-state index is 14.1. The molecule has 0 saturated carbocycles. The molecule has 12 heteroatoms. The van der Waals surface area contributed by atoms with Gasteiger partial charge in [-0.15, -0.1) is 10.2 Å². The number of thioether (sulfide) groups is 1. The van der Waals surface area contributed by atoms with Gasteiger partial charge in [-0.1, -0.05) is 90.5 Å². The average Bonchev–Trinajstić information content (AvgIpc) is 3.77. The van der Waals surface area contributed by atoms with Crippen LogP contribution < -0.4 is 14.4 Å². The highest BCUT2D eigenvalue weighted by molar-refractivity contribution is 8.00. The second-order valence-electron chi connectivity index (χ2n) is 10.2. The third kappa shape index (κ3) is 6.15. The van der Waals surface area contributed by atoms with Gasteiger partial charge in [0.05, 0.1) is 25.3 Å². The molecule has 1 aliphatic rings. The Labute approximate surface area is 272 Å². The SMILES string of the molecule is CCCCOc1ccc(C2C(C(=O)c3cc4cccc(OC)c4o3)=C(O)C(=O)N2c2nnc(SCc3ccccc3Cl)s2)cc1. The fourth-order valence-corrected chi connectivity index (χ4v) is 7.14. The monoisotopic (exact) mass is 661 g/mol. The maximum Gasteiger partial charge on any atom is 0.296 e. The number of carbonyl (C=O) groups excluding carboxylic acids is 2. The summed E-state index contributed by atoms with van der Waals surface area (Å²) >= 11 is 8.93. The summed E-state index contributed by atoms with van der Waals surface area (Å²) in [7, 11) is 1.51. The molecule has 1 aliphatic heterocycles. The van der Waals surface area contributed by atoms with Crippen molar-refractivity contribution in [2.45, 2.75) is 35.9 Å². The minimum absolute atomic E-state index is 0.0385. The van der Waals surface area contributed by atoms with Gasteiger partial charge in [-0.25, -0.2) is 0 Å². The van der Waals surface area contributed by atoms with Crippen LogP contribution in [0, 0.1) is 0 Å². The van der Waals surface area contributed by atoms with Gasteiger partial charge < -0.3 is 19.0 Å². The summed E-state index contributed by atoms with van der Waals surface area (Å²) in [6.07, 6.45) is 1.92. The van der Waals surface area contributed by atoms with Crippen molar-refractivity contribution < 1.29 is 28.6 Å². The number of fused-ring (bicyclic) bond motifs is 1. The van der Waals surface area contributed by atoms with Crippen molar-refractivity contribution in [3.8, 4) is 11.5 Å². The number of carbonyl (C=O) groups is 2. The number of ketones is 1. The summed E-state index contributed by atoms with van der Waals surface area (Å²) in [6.45, 7) is 2.66. The van der Waals surface area contributed by atoms with E-state index in [1.807, 2.05) is 24.3 Å². The number of aliphatic hydroxyl groups excluding tert-OH is 1. The van der Waals surface area contributed by atoms with Crippen LogP contribution in [0.3, 0.4) is 0 Å². The molecule has 0 fully saturated rings. The van der Waals surface area contributed by atoms with Crippen LogP contribution in [0.1, 0.15) is 47.5 Å². The zero-order valence-corrected chi connectivity index (χ0v) is 26.7. The van der Waals surface area contributed by atoms with Crippen LogP contribution in [0.4, 0.5) is 5.13 Å². The van der Waals surface area contributed by atoms with Crippen LogP contribution >= 0.6 is 34.7 Å². The third-order valence-electron chi connectivity index (χ3n) is 7.28. The molecule has 1 unspecified atom stereocenters. The Bertz CT molecular complexity index is 1900. The van der Waals surface area contributed by atoms with Crippen LogP contribution in [0.5, 0.6) is 11.5 Å². The molecule has 6 rings (SSSR count). The molecule has 3 heterocycles. The normalized spacial score (nSPS) is 14.9. The third-order valence-corrected chi connectivity index (χ3v) is 9.75. The maximum atomic E-state index is 14.1. The molecule has 1 N–H and O–H groups in total. The van der Waals surface area contributed by atoms with E-state index in [1.165, 1.54) is 35.1 Å². The number of amides is 1. The van der Waals surface area contributed by atoms with E-state index in [-0.39, 0.29) is 16.5 Å². The number of para-hydroxylation sites is 1. The molecule has 2 aromatic heterocycles. The van der Waals surface area contributed by atoms with Gasteiger partial charge in [0.15, 0.2) is 27.2 Å². The topological polar surface area (TPSA) is 115 Å². The Morgan fingerprint density at radius 2 is 1.91 bits per heavy atom. The molecule has 0 saturated heterocycles. The van der Waals surface area contributed by atoms with Gasteiger partial charge in [0.25, 0.3) is 5.91 Å². The van der Waals surface area contributed by atoms with E-state index in [2.05, 4.69) is 17.1 Å². The van der Waals surface area contributed by atoms with E-state index >= 15 is 0 Å². The largest absolute Gasteiger partial charge is 0.503 e. The van der Waals surface area contributed by atoms with Gasteiger partial charge >= 0.3 is 0 Å². The van der Waals surface area contributed by atoms with Crippen molar-refractivity contribution in [2.75, 3.05) is 18.6 Å². The van der Waals surface area contributed by atoms with Crippen molar-refractivity contribution in [3.05, 3.63) is 106 Å². The fraction of sp³-hybridized carbons (Fsp3) is 0.212. The minimum Gasteiger partial charge on any atom is -0.503 e. The first kappa shape index (κ1) is 30.7. The molecule has 0 aliphatic carbocycles. The Hall–Kier alpha value is -4.32. The highest BCUT2D eigenvalue weighted by Crippen LogP contribution is 2.45. The van der Waals surface area contributed by atoms with Crippen LogP contribution in [0.25, 0.3) is 11.0 Å². The summed E-state index contributed by atoms with van der Waals surface area (Å²) < 4.78 is 17.7. The average molecular weight is 662 g/mol. The van der Waals surface area contributed by atoms with Crippen molar-refractivity contribution in [2.24, 2.45) is 0 Å². The summed E-state index contributed by atoms with van der Waals surface area (Å²) in [5.74, 6) is -0.451. The number of furan rings is 1. The Morgan fingerprint density at radius 1 is 1.11 bits per heavy atom. The lowest BCUT2D eigenvalue weighted by atomic mass is 9.95. The molecular weight excluding hydrogens is 634 g/mol. The van der Waals surface area contributed by atoms with Gasteiger partial charge in [0.1, 0.15) is 5.75 Å². The number of aliphatic hydroxyl groups is 1. The lowest BCUT2D eigenvalue weighted by molar-refractivity contribution is -0.117. The summed E-state index contributed by atoms with van der Waals surface area (Å²) in [5, 5.41) is 21.3. The number of rotatable bonds is 12. The first-order valence-electron chi connectivity index (χ1n) is 14.2. The van der Waals surface area contributed by atoms with Gasteiger partial charge in [-0.2, -0.15) is 0 Å². The molecule has 5 aromatic rings. The number of halogens is 1. The van der Waals surface area contributed by atoms with Gasteiger partial charge in [0, 0.05) is 16.2 Å². The quantitative estimate of drug-likeness (QED) is 0.0611. The molecule has 9 nitrogen and oxygen atoms in total. The number of Topliss-reactive ketones (excluding diaryl/α,β-unsaturated/α-hetero) is 1. The van der Waals surface area contributed by atoms with Crippen molar-refractivity contribution in [1.29, 1.82) is 0 Å². The molecule has 1 atom stereocenters. The van der Waals surface area contributed by atoms with Crippen molar-refractivity contribution in [3.63, 3.8) is 0 Å². The molecule has 3 aromatic carbocycles.